The Bertz CT molecular complexity index is 1130. The van der Waals surface area contributed by atoms with Crippen LogP contribution in [-0.4, -0.2) is 36.4 Å². The van der Waals surface area contributed by atoms with Gasteiger partial charge in [0.25, 0.3) is 0 Å². The minimum atomic E-state index is -0.364. The predicted molar refractivity (Wildman–Crippen MR) is 130 cm³/mol. The number of hydrazone groups is 1. The van der Waals surface area contributed by atoms with Crippen molar-refractivity contribution in [1.29, 1.82) is 0 Å². The molecule has 10 heteroatoms. The van der Waals surface area contributed by atoms with Crippen LogP contribution in [0.25, 0.3) is 0 Å². The molecule has 0 spiro atoms. The Morgan fingerprint density at radius 3 is 2.52 bits per heavy atom. The second-order valence-corrected chi connectivity index (χ2v) is 8.24. The molecule has 33 heavy (non-hydrogen) atoms. The normalized spacial score (nSPS) is 10.8. The van der Waals surface area contributed by atoms with Crippen LogP contribution < -0.4 is 10.2 Å². The monoisotopic (exact) mass is 531 g/mol. The molecule has 1 heterocycles. The van der Waals surface area contributed by atoms with Crippen LogP contribution in [0.2, 0.25) is 0 Å². The van der Waals surface area contributed by atoms with Gasteiger partial charge in [-0.2, -0.15) is 5.10 Å². The minimum Gasteiger partial charge on any atom is -0.466 e. The predicted octanol–water partition coefficient (Wildman–Crippen LogP) is 5.43. The summed E-state index contributed by atoms with van der Waals surface area (Å²) >= 11 is 4.87. The van der Waals surface area contributed by atoms with E-state index >= 15 is 0 Å². The molecule has 2 aromatic carbocycles. The minimum absolute atomic E-state index is 0.133. The van der Waals surface area contributed by atoms with Gasteiger partial charge in [-0.15, -0.1) is 11.3 Å². The van der Waals surface area contributed by atoms with E-state index in [1.807, 2.05) is 18.2 Å². The van der Waals surface area contributed by atoms with Crippen LogP contribution in [0.4, 0.5) is 5.13 Å². The van der Waals surface area contributed by atoms with Crippen molar-refractivity contribution in [3.8, 4) is 11.5 Å². The molecule has 1 aromatic heterocycles. The summed E-state index contributed by atoms with van der Waals surface area (Å²) < 4.78 is 16.5. The van der Waals surface area contributed by atoms with Gasteiger partial charge in [-0.1, -0.05) is 0 Å². The van der Waals surface area contributed by atoms with Crippen LogP contribution in [0, 0.1) is 0 Å². The highest BCUT2D eigenvalue weighted by atomic mass is 79.9. The number of hydrogen-bond donors (Lipinski definition) is 1. The summed E-state index contributed by atoms with van der Waals surface area (Å²) in [6, 6.07) is 12.2. The Balaban J connectivity index is 1.56. The average molecular weight is 532 g/mol. The molecule has 0 saturated heterocycles. The fourth-order valence-electron chi connectivity index (χ4n) is 2.64. The van der Waals surface area contributed by atoms with Gasteiger partial charge in [-0.25, -0.2) is 9.78 Å². The molecule has 1 N–H and O–H groups in total. The first-order chi connectivity index (χ1) is 16.0. The van der Waals surface area contributed by atoms with Gasteiger partial charge in [0, 0.05) is 15.4 Å². The molecule has 3 aromatic rings. The van der Waals surface area contributed by atoms with Crippen LogP contribution in [0.1, 0.15) is 35.5 Å². The van der Waals surface area contributed by atoms with Gasteiger partial charge in [-0.3, -0.25) is 10.2 Å². The van der Waals surface area contributed by atoms with Gasteiger partial charge in [0.1, 0.15) is 11.5 Å². The van der Waals surface area contributed by atoms with Gasteiger partial charge < -0.3 is 14.2 Å². The van der Waals surface area contributed by atoms with Crippen molar-refractivity contribution >= 4 is 50.6 Å². The van der Waals surface area contributed by atoms with E-state index in [1.54, 1.807) is 49.7 Å². The lowest BCUT2D eigenvalue weighted by molar-refractivity contribution is -0.142. The third-order valence-corrected chi connectivity index (χ3v) is 5.60. The van der Waals surface area contributed by atoms with Crippen LogP contribution in [0.3, 0.4) is 0 Å². The Hall–Kier alpha value is -3.24. The van der Waals surface area contributed by atoms with Gasteiger partial charge >= 0.3 is 11.9 Å². The molecular weight excluding hydrogens is 510 g/mol. The van der Waals surface area contributed by atoms with Gasteiger partial charge in [-0.05, 0) is 72.2 Å². The molecule has 0 saturated carbocycles. The first kappa shape index (κ1) is 24.4. The van der Waals surface area contributed by atoms with E-state index in [1.165, 1.54) is 11.3 Å². The van der Waals surface area contributed by atoms with Crippen molar-refractivity contribution in [3.63, 3.8) is 0 Å². The van der Waals surface area contributed by atoms with E-state index in [0.29, 0.717) is 41.1 Å². The Labute approximate surface area is 203 Å². The maximum absolute atomic E-state index is 11.7. The van der Waals surface area contributed by atoms with Gasteiger partial charge in [0.2, 0.25) is 5.13 Å². The molecule has 0 aliphatic rings. The molecular formula is C23H22BrN3O5S. The fraction of sp³-hybridized carbons (Fsp3) is 0.217. The molecule has 0 bridgehead atoms. The number of anilines is 1. The van der Waals surface area contributed by atoms with Crippen LogP contribution in [0.5, 0.6) is 11.5 Å². The van der Waals surface area contributed by atoms with Crippen molar-refractivity contribution in [1.82, 2.24) is 4.98 Å². The van der Waals surface area contributed by atoms with E-state index in [0.717, 1.165) is 10.0 Å². The molecule has 0 aliphatic heterocycles. The second kappa shape index (κ2) is 12.1. The van der Waals surface area contributed by atoms with Crippen molar-refractivity contribution in [2.45, 2.75) is 20.3 Å². The number of nitrogens with zero attached hydrogens (tertiary/aromatic N) is 2. The van der Waals surface area contributed by atoms with Crippen LogP contribution >= 0.6 is 27.3 Å². The number of rotatable bonds is 10. The smallest absolute Gasteiger partial charge is 0.338 e. The third kappa shape index (κ3) is 7.40. The van der Waals surface area contributed by atoms with Crippen molar-refractivity contribution in [2.75, 3.05) is 18.6 Å². The van der Waals surface area contributed by atoms with Crippen LogP contribution in [-0.2, 0) is 20.7 Å². The van der Waals surface area contributed by atoms with Crippen molar-refractivity contribution in [2.24, 2.45) is 5.10 Å². The SMILES string of the molecule is CCOC(=O)Cc1csc(NN=Cc2ccc(Oc3ccc(C(=O)OCC)cc3)cc2Br)n1. The molecule has 0 aliphatic carbocycles. The molecule has 0 radical (unpaired) electrons. The first-order valence-corrected chi connectivity index (χ1v) is 11.8. The number of carbonyl (C=O) groups excluding carboxylic acids is 2. The summed E-state index contributed by atoms with van der Waals surface area (Å²) in [5.41, 5.74) is 4.79. The summed E-state index contributed by atoms with van der Waals surface area (Å²) in [4.78, 5) is 27.6. The highest BCUT2D eigenvalue weighted by molar-refractivity contribution is 9.10. The lowest BCUT2D eigenvalue weighted by atomic mass is 10.2. The topological polar surface area (TPSA) is 99.1 Å². The zero-order valence-corrected chi connectivity index (χ0v) is 20.4. The highest BCUT2D eigenvalue weighted by Crippen LogP contribution is 2.27. The molecule has 8 nitrogen and oxygen atoms in total. The maximum Gasteiger partial charge on any atom is 0.338 e. The molecule has 172 valence electrons. The molecule has 0 amide bonds. The largest absolute Gasteiger partial charge is 0.466 e. The molecule has 0 unspecified atom stereocenters. The molecule has 3 rings (SSSR count). The van der Waals surface area contributed by atoms with Crippen molar-refractivity contribution < 1.29 is 23.8 Å². The zero-order chi connectivity index (χ0) is 23.6. The van der Waals surface area contributed by atoms with Crippen LogP contribution in [0.15, 0.2) is 57.4 Å². The summed E-state index contributed by atoms with van der Waals surface area (Å²) in [6.45, 7) is 4.21. The third-order valence-electron chi connectivity index (χ3n) is 4.12. The summed E-state index contributed by atoms with van der Waals surface area (Å²) in [7, 11) is 0. The lowest BCUT2D eigenvalue weighted by Crippen LogP contribution is -2.07. The average Bonchev–Trinajstić information content (AvgIpc) is 3.23. The lowest BCUT2D eigenvalue weighted by Gasteiger charge is -2.08. The number of aromatic nitrogens is 1. The highest BCUT2D eigenvalue weighted by Gasteiger charge is 2.09. The Morgan fingerprint density at radius 1 is 1.09 bits per heavy atom. The van der Waals surface area contributed by atoms with E-state index in [9.17, 15) is 9.59 Å². The van der Waals surface area contributed by atoms with Gasteiger partial charge in [0.15, 0.2) is 0 Å². The maximum atomic E-state index is 11.7. The zero-order valence-electron chi connectivity index (χ0n) is 18.0. The number of hydrogen-bond acceptors (Lipinski definition) is 9. The number of ether oxygens (including phenoxy) is 3. The number of thiazole rings is 1. The van der Waals surface area contributed by atoms with E-state index in [2.05, 4.69) is 31.4 Å². The van der Waals surface area contributed by atoms with E-state index < -0.39 is 0 Å². The Morgan fingerprint density at radius 2 is 1.82 bits per heavy atom. The van der Waals surface area contributed by atoms with Crippen molar-refractivity contribution in [3.05, 3.63) is 69.1 Å². The fourth-order valence-corrected chi connectivity index (χ4v) is 3.76. The quantitative estimate of drug-likeness (QED) is 0.211. The Kier molecular flexibility index (Phi) is 8.96. The number of nitrogens with one attached hydrogen (secondary N) is 1. The van der Waals surface area contributed by atoms with Gasteiger partial charge in [0.05, 0.1) is 37.1 Å². The van der Waals surface area contributed by atoms with E-state index in [-0.39, 0.29) is 18.4 Å². The first-order valence-electron chi connectivity index (χ1n) is 10.1. The number of halogens is 1. The molecule has 0 atom stereocenters. The molecule has 0 fully saturated rings. The number of esters is 2. The second-order valence-electron chi connectivity index (χ2n) is 6.53. The van der Waals surface area contributed by atoms with E-state index in [4.69, 9.17) is 14.2 Å². The summed E-state index contributed by atoms with van der Waals surface area (Å²) in [5, 5.41) is 6.56. The summed E-state index contributed by atoms with van der Waals surface area (Å²) in [6.07, 6.45) is 1.78. The standard InChI is InChI=1S/C23H22BrN3O5S/c1-3-30-21(28)11-17-14-33-23(26-17)27-25-13-16-7-10-19(12-20(16)24)32-18-8-5-15(6-9-18)22(29)31-4-2/h5-10,12-14H,3-4,11H2,1-2H3,(H,26,27). The summed E-state index contributed by atoms with van der Waals surface area (Å²) in [5.74, 6) is 0.552. The number of benzene rings is 2. The number of carbonyl (C=O) groups is 2.